The second kappa shape index (κ2) is 12.3. The average molecular weight is 418 g/mol. The van der Waals surface area contributed by atoms with E-state index in [2.05, 4.69) is 27.9 Å². The van der Waals surface area contributed by atoms with Crippen molar-refractivity contribution in [2.24, 2.45) is 4.99 Å². The lowest BCUT2D eigenvalue weighted by molar-refractivity contribution is 0.0963. The molecule has 0 saturated carbocycles. The van der Waals surface area contributed by atoms with Crippen molar-refractivity contribution in [1.82, 2.24) is 16.0 Å². The summed E-state index contributed by atoms with van der Waals surface area (Å²) in [5.74, 6) is 0.741. The third-order valence-corrected chi connectivity index (χ3v) is 3.00. The molecule has 0 atom stereocenters. The Labute approximate surface area is 150 Å². The van der Waals surface area contributed by atoms with Gasteiger partial charge in [0.2, 0.25) is 0 Å². The quantitative estimate of drug-likeness (QED) is 0.276. The van der Waals surface area contributed by atoms with Gasteiger partial charge in [-0.3, -0.25) is 4.79 Å². The highest BCUT2D eigenvalue weighted by atomic mass is 127. The van der Waals surface area contributed by atoms with E-state index in [1.54, 1.807) is 13.1 Å². The van der Waals surface area contributed by atoms with Gasteiger partial charge in [0.15, 0.2) is 5.96 Å². The van der Waals surface area contributed by atoms with Gasteiger partial charge in [-0.2, -0.15) is 0 Å². The van der Waals surface area contributed by atoms with Crippen LogP contribution in [0.15, 0.2) is 29.3 Å². The first-order valence-corrected chi connectivity index (χ1v) is 7.54. The van der Waals surface area contributed by atoms with E-state index in [1.807, 2.05) is 25.1 Å². The zero-order chi connectivity index (χ0) is 15.5. The molecule has 0 fully saturated rings. The van der Waals surface area contributed by atoms with Gasteiger partial charge in [-0.05, 0) is 31.0 Å². The van der Waals surface area contributed by atoms with Crippen molar-refractivity contribution >= 4 is 35.8 Å². The van der Waals surface area contributed by atoms with Gasteiger partial charge in [-0.1, -0.05) is 25.5 Å². The van der Waals surface area contributed by atoms with Crippen LogP contribution in [0.2, 0.25) is 0 Å². The van der Waals surface area contributed by atoms with E-state index in [1.165, 1.54) is 0 Å². The van der Waals surface area contributed by atoms with E-state index in [0.29, 0.717) is 12.1 Å². The van der Waals surface area contributed by atoms with E-state index in [9.17, 15) is 4.79 Å². The van der Waals surface area contributed by atoms with E-state index in [-0.39, 0.29) is 29.9 Å². The third kappa shape index (κ3) is 7.63. The normalized spacial score (nSPS) is 10.6. The van der Waals surface area contributed by atoms with E-state index >= 15 is 0 Å². The number of carbonyl (C=O) groups is 1. The lowest BCUT2D eigenvalue weighted by Crippen LogP contribution is -2.37. The number of rotatable bonds is 7. The molecule has 0 heterocycles. The van der Waals surface area contributed by atoms with Crippen LogP contribution < -0.4 is 16.0 Å². The molecule has 0 spiro atoms. The zero-order valence-electron chi connectivity index (χ0n) is 13.6. The molecule has 3 N–H and O–H groups in total. The van der Waals surface area contributed by atoms with Crippen LogP contribution in [0.1, 0.15) is 42.6 Å². The van der Waals surface area contributed by atoms with Crippen molar-refractivity contribution in [3.8, 4) is 0 Å². The fraction of sp³-hybridized carbons (Fsp3) is 0.500. The first-order valence-electron chi connectivity index (χ1n) is 7.54. The summed E-state index contributed by atoms with van der Waals surface area (Å²) in [5.41, 5.74) is 1.68. The minimum Gasteiger partial charge on any atom is -0.357 e. The van der Waals surface area contributed by atoms with Crippen LogP contribution in [-0.2, 0) is 6.54 Å². The number of guanidine groups is 1. The molecule has 0 aliphatic rings. The largest absolute Gasteiger partial charge is 0.357 e. The molecular formula is C16H27IN4O. The number of hydrogen-bond donors (Lipinski definition) is 3. The summed E-state index contributed by atoms with van der Waals surface area (Å²) in [4.78, 5) is 16.2. The Morgan fingerprint density at radius 2 is 2.00 bits per heavy atom. The van der Waals surface area contributed by atoms with Gasteiger partial charge in [0, 0.05) is 25.7 Å². The summed E-state index contributed by atoms with van der Waals surface area (Å²) in [7, 11) is 1.63. The van der Waals surface area contributed by atoms with Gasteiger partial charge in [0.25, 0.3) is 5.91 Å². The zero-order valence-corrected chi connectivity index (χ0v) is 15.9. The fourth-order valence-electron chi connectivity index (χ4n) is 1.85. The van der Waals surface area contributed by atoms with Gasteiger partial charge in [-0.15, -0.1) is 24.0 Å². The number of unbranched alkanes of at least 4 members (excludes halogenated alkanes) is 1. The van der Waals surface area contributed by atoms with Crippen molar-refractivity contribution in [1.29, 1.82) is 0 Å². The van der Waals surface area contributed by atoms with Gasteiger partial charge in [0.05, 0.1) is 6.54 Å². The minimum absolute atomic E-state index is 0. The Morgan fingerprint density at radius 1 is 1.23 bits per heavy atom. The summed E-state index contributed by atoms with van der Waals surface area (Å²) in [5, 5.41) is 9.15. The maximum absolute atomic E-state index is 11.6. The van der Waals surface area contributed by atoms with E-state index in [4.69, 9.17) is 0 Å². The second-order valence-electron chi connectivity index (χ2n) is 4.75. The van der Waals surface area contributed by atoms with Crippen LogP contribution in [0, 0.1) is 0 Å². The van der Waals surface area contributed by atoms with Crippen LogP contribution in [0.25, 0.3) is 0 Å². The lowest BCUT2D eigenvalue weighted by Gasteiger charge is -2.11. The van der Waals surface area contributed by atoms with Gasteiger partial charge in [0.1, 0.15) is 0 Å². The molecule has 0 aliphatic carbocycles. The van der Waals surface area contributed by atoms with Crippen molar-refractivity contribution in [3.05, 3.63) is 35.4 Å². The Hall–Kier alpha value is -1.31. The average Bonchev–Trinajstić information content (AvgIpc) is 2.52. The Morgan fingerprint density at radius 3 is 2.64 bits per heavy atom. The molecule has 0 saturated heterocycles. The molecular weight excluding hydrogens is 391 g/mol. The maximum Gasteiger partial charge on any atom is 0.251 e. The molecule has 0 unspecified atom stereocenters. The molecule has 1 rings (SSSR count). The van der Waals surface area contributed by atoms with Gasteiger partial charge < -0.3 is 16.0 Å². The minimum atomic E-state index is -0.0752. The van der Waals surface area contributed by atoms with Crippen LogP contribution in [0.5, 0.6) is 0 Å². The third-order valence-electron chi connectivity index (χ3n) is 3.00. The van der Waals surface area contributed by atoms with Crippen LogP contribution in [0.3, 0.4) is 0 Å². The second-order valence-corrected chi connectivity index (χ2v) is 4.75. The van der Waals surface area contributed by atoms with Crippen LogP contribution >= 0.6 is 24.0 Å². The Kier molecular flexibility index (Phi) is 11.5. The SMILES string of the molecule is CCCCNC(=NCc1cccc(C(=O)NC)c1)NCC.I. The smallest absolute Gasteiger partial charge is 0.251 e. The molecule has 124 valence electrons. The number of carbonyl (C=O) groups excluding carboxylic acids is 1. The van der Waals surface area contributed by atoms with Gasteiger partial charge in [-0.25, -0.2) is 4.99 Å². The molecule has 6 heteroatoms. The molecule has 22 heavy (non-hydrogen) atoms. The number of nitrogens with one attached hydrogen (secondary N) is 3. The summed E-state index contributed by atoms with van der Waals surface area (Å²) < 4.78 is 0. The first kappa shape index (κ1) is 20.7. The number of amides is 1. The van der Waals surface area contributed by atoms with E-state index in [0.717, 1.165) is 37.5 Å². The summed E-state index contributed by atoms with van der Waals surface area (Å²) in [6.45, 7) is 6.50. The molecule has 0 bridgehead atoms. The highest BCUT2D eigenvalue weighted by molar-refractivity contribution is 14.0. The Bertz CT molecular complexity index is 477. The molecule has 0 aliphatic heterocycles. The van der Waals surface area contributed by atoms with Crippen molar-refractivity contribution in [3.63, 3.8) is 0 Å². The number of benzene rings is 1. The lowest BCUT2D eigenvalue weighted by atomic mass is 10.1. The summed E-state index contributed by atoms with van der Waals surface area (Å²) in [6.07, 6.45) is 2.27. The maximum atomic E-state index is 11.6. The molecule has 5 nitrogen and oxygen atoms in total. The van der Waals surface area contributed by atoms with Crippen LogP contribution in [-0.4, -0.2) is 32.0 Å². The van der Waals surface area contributed by atoms with Crippen molar-refractivity contribution in [2.75, 3.05) is 20.1 Å². The highest BCUT2D eigenvalue weighted by Gasteiger charge is 2.03. The first-order chi connectivity index (χ1) is 10.2. The predicted molar refractivity (Wildman–Crippen MR) is 103 cm³/mol. The number of hydrogen-bond acceptors (Lipinski definition) is 2. The monoisotopic (exact) mass is 418 g/mol. The topological polar surface area (TPSA) is 65.5 Å². The standard InChI is InChI=1S/C16H26N4O.HI/c1-4-6-10-19-16(18-5-2)20-12-13-8-7-9-14(11-13)15(21)17-3;/h7-9,11H,4-6,10,12H2,1-3H3,(H,17,21)(H2,18,19,20);1H. The summed E-state index contributed by atoms with van der Waals surface area (Å²) in [6, 6.07) is 7.53. The van der Waals surface area contributed by atoms with Crippen molar-refractivity contribution < 1.29 is 4.79 Å². The number of aliphatic imine (C=N–C) groups is 1. The van der Waals surface area contributed by atoms with E-state index < -0.39 is 0 Å². The fourth-order valence-corrected chi connectivity index (χ4v) is 1.85. The molecule has 1 amide bonds. The Balaban J connectivity index is 0.00000441. The molecule has 0 radical (unpaired) electrons. The number of nitrogens with zero attached hydrogens (tertiary/aromatic N) is 1. The number of halogens is 1. The summed E-state index contributed by atoms with van der Waals surface area (Å²) >= 11 is 0. The van der Waals surface area contributed by atoms with Crippen molar-refractivity contribution in [2.45, 2.75) is 33.2 Å². The molecule has 0 aromatic heterocycles. The molecule has 1 aromatic rings. The predicted octanol–water partition coefficient (Wildman–Crippen LogP) is 2.52. The van der Waals surface area contributed by atoms with Crippen LogP contribution in [0.4, 0.5) is 0 Å². The van der Waals surface area contributed by atoms with Gasteiger partial charge >= 0.3 is 0 Å². The molecule has 1 aromatic carbocycles. The highest BCUT2D eigenvalue weighted by Crippen LogP contribution is 2.06.